The van der Waals surface area contributed by atoms with Crippen molar-refractivity contribution in [2.24, 2.45) is 10.2 Å². The van der Waals surface area contributed by atoms with Crippen LogP contribution in [0, 0.1) is 5.82 Å². The van der Waals surface area contributed by atoms with Crippen molar-refractivity contribution in [3.63, 3.8) is 0 Å². The van der Waals surface area contributed by atoms with Gasteiger partial charge in [0.05, 0.1) is 18.2 Å². The molecule has 10 heteroatoms. The lowest BCUT2D eigenvalue weighted by molar-refractivity contribution is -0.138. The number of hydrogen-bond donors (Lipinski definition) is 2. The van der Waals surface area contributed by atoms with Gasteiger partial charge in [0.1, 0.15) is 16.8 Å². The molecule has 2 N–H and O–H groups in total. The Hall–Kier alpha value is -3.53. The van der Waals surface area contributed by atoms with E-state index in [0.717, 1.165) is 17.8 Å². The first-order valence-corrected chi connectivity index (χ1v) is 9.17. The first kappa shape index (κ1) is 20.2. The molecule has 2 aromatic carbocycles. The number of halogens is 1. The average Bonchev–Trinajstić information content (AvgIpc) is 3.00. The first-order chi connectivity index (χ1) is 13.9. The highest BCUT2D eigenvalue weighted by Crippen LogP contribution is 2.22. The molecule has 8 nitrogen and oxygen atoms in total. The molecule has 3 rings (SSSR count). The van der Waals surface area contributed by atoms with Crippen LogP contribution in [0.15, 0.2) is 58.7 Å². The first-order valence-electron chi connectivity index (χ1n) is 8.29. The molecule has 1 aliphatic rings. The van der Waals surface area contributed by atoms with Gasteiger partial charge in [-0.1, -0.05) is 30.0 Å². The van der Waals surface area contributed by atoms with Crippen molar-refractivity contribution < 1.29 is 28.6 Å². The molecule has 0 aliphatic carbocycles. The largest absolute Gasteiger partial charge is 0.481 e. The molecule has 1 heterocycles. The highest BCUT2D eigenvalue weighted by molar-refractivity contribution is 8.15. The summed E-state index contributed by atoms with van der Waals surface area (Å²) in [6.45, 7) is 0. The van der Waals surface area contributed by atoms with Gasteiger partial charge in [0, 0.05) is 0 Å². The van der Waals surface area contributed by atoms with E-state index in [1.807, 2.05) is 0 Å². The van der Waals surface area contributed by atoms with Crippen molar-refractivity contribution in [1.82, 2.24) is 5.32 Å². The van der Waals surface area contributed by atoms with Gasteiger partial charge in [0.15, 0.2) is 5.17 Å². The molecule has 1 fully saturated rings. The number of benzene rings is 2. The Kier molecular flexibility index (Phi) is 6.35. The van der Waals surface area contributed by atoms with Crippen LogP contribution >= 0.6 is 11.8 Å². The molecule has 0 saturated carbocycles. The summed E-state index contributed by atoms with van der Waals surface area (Å²) in [4.78, 5) is 34.4. The maximum absolute atomic E-state index is 13.2. The molecule has 1 atom stereocenters. The lowest BCUT2D eigenvalue weighted by Crippen LogP contribution is -2.26. The molecule has 1 saturated heterocycles. The monoisotopic (exact) mass is 415 g/mol. The van der Waals surface area contributed by atoms with Gasteiger partial charge in [0.25, 0.3) is 0 Å². The fourth-order valence-corrected chi connectivity index (χ4v) is 3.25. The molecule has 0 aromatic heterocycles. The standard InChI is InChI=1S/C19H14FN3O5S/c20-13-5-2-4-12(8-13)18(27)28-14-6-1-3-11(7-14)10-21-23-19-22-17(26)15(29-19)9-16(24)25/h1-8,10,15H,9H2,(H,24,25)(H,22,23,26)/b21-10-/t15-/m1/s1. The number of amidine groups is 1. The Morgan fingerprint density at radius 1 is 1.24 bits per heavy atom. The van der Waals surface area contributed by atoms with Crippen LogP contribution < -0.4 is 10.1 Å². The number of nitrogens with zero attached hydrogens (tertiary/aromatic N) is 2. The number of rotatable bonds is 6. The van der Waals surface area contributed by atoms with E-state index in [0.29, 0.717) is 5.56 Å². The summed E-state index contributed by atoms with van der Waals surface area (Å²) < 4.78 is 18.4. The number of carbonyl (C=O) groups is 3. The third kappa shape index (κ3) is 5.72. The lowest BCUT2D eigenvalue weighted by Gasteiger charge is -2.05. The van der Waals surface area contributed by atoms with Crippen molar-refractivity contribution in [1.29, 1.82) is 0 Å². The van der Waals surface area contributed by atoms with E-state index in [2.05, 4.69) is 15.5 Å². The quantitative estimate of drug-likeness (QED) is 0.324. The zero-order valence-electron chi connectivity index (χ0n) is 14.7. The fourth-order valence-electron chi connectivity index (χ4n) is 2.33. The summed E-state index contributed by atoms with van der Waals surface area (Å²) in [5.74, 6) is -2.51. The minimum Gasteiger partial charge on any atom is -0.481 e. The van der Waals surface area contributed by atoms with Gasteiger partial charge < -0.3 is 15.2 Å². The second-order valence-electron chi connectivity index (χ2n) is 5.82. The smallest absolute Gasteiger partial charge is 0.343 e. The molecule has 0 bridgehead atoms. The molecule has 0 radical (unpaired) electrons. The molecule has 0 spiro atoms. The number of ether oxygens (including phenoxy) is 1. The molecule has 0 unspecified atom stereocenters. The zero-order valence-corrected chi connectivity index (χ0v) is 15.6. The summed E-state index contributed by atoms with van der Waals surface area (Å²) in [5.41, 5.74) is 0.649. The van der Waals surface area contributed by atoms with E-state index in [9.17, 15) is 18.8 Å². The summed E-state index contributed by atoms with van der Waals surface area (Å²) in [7, 11) is 0. The van der Waals surface area contributed by atoms with Crippen molar-refractivity contribution in [3.05, 3.63) is 65.5 Å². The Morgan fingerprint density at radius 2 is 2.03 bits per heavy atom. The minimum atomic E-state index is -1.08. The second-order valence-corrected chi connectivity index (χ2v) is 7.01. The number of carbonyl (C=O) groups excluding carboxylic acids is 2. The lowest BCUT2D eigenvalue weighted by atomic mass is 10.2. The SMILES string of the molecule is O=C(O)C[C@H]1S/C(=N\N=C/c2cccc(OC(=O)c3cccc(F)c3)c2)NC1=O. The average molecular weight is 415 g/mol. The number of carboxylic acid groups (broad SMARTS) is 1. The Balaban J connectivity index is 1.63. The number of amides is 1. The van der Waals surface area contributed by atoms with Crippen LogP contribution in [-0.2, 0) is 9.59 Å². The van der Waals surface area contributed by atoms with Gasteiger partial charge in [-0.2, -0.15) is 5.10 Å². The van der Waals surface area contributed by atoms with E-state index >= 15 is 0 Å². The summed E-state index contributed by atoms with van der Waals surface area (Å²) in [5, 5.41) is 18.4. The number of thioether (sulfide) groups is 1. The van der Waals surface area contributed by atoms with Gasteiger partial charge in [-0.05, 0) is 35.9 Å². The molecule has 148 valence electrons. The fraction of sp³-hybridized carbons (Fsp3) is 0.105. The van der Waals surface area contributed by atoms with Crippen LogP contribution in [0.3, 0.4) is 0 Å². The van der Waals surface area contributed by atoms with Gasteiger partial charge in [-0.3, -0.25) is 9.59 Å². The van der Waals surface area contributed by atoms with Gasteiger partial charge in [-0.25, -0.2) is 9.18 Å². The number of aliphatic carboxylic acids is 1. The second kappa shape index (κ2) is 9.11. The normalized spacial score (nSPS) is 17.5. The minimum absolute atomic E-state index is 0.0837. The van der Waals surface area contributed by atoms with Crippen LogP contribution in [0.4, 0.5) is 4.39 Å². The van der Waals surface area contributed by atoms with Gasteiger partial charge >= 0.3 is 11.9 Å². The number of esters is 1. The van der Waals surface area contributed by atoms with Crippen LogP contribution in [-0.4, -0.2) is 39.6 Å². The molecule has 1 aliphatic heterocycles. The third-order valence-corrected chi connectivity index (χ3v) is 4.69. The summed E-state index contributed by atoms with van der Waals surface area (Å²) in [6.07, 6.45) is 1.07. The van der Waals surface area contributed by atoms with Crippen LogP contribution in [0.2, 0.25) is 0 Å². The summed E-state index contributed by atoms with van der Waals surface area (Å²) in [6, 6.07) is 11.6. The number of nitrogens with one attached hydrogen (secondary N) is 1. The zero-order chi connectivity index (χ0) is 20.8. The van der Waals surface area contributed by atoms with E-state index in [1.165, 1.54) is 30.5 Å². The number of hydrogen-bond acceptors (Lipinski definition) is 7. The molecular formula is C19H14FN3O5S. The van der Waals surface area contributed by atoms with E-state index in [4.69, 9.17) is 9.84 Å². The van der Waals surface area contributed by atoms with E-state index in [-0.39, 0.29) is 22.9 Å². The van der Waals surface area contributed by atoms with Gasteiger partial charge in [0.2, 0.25) is 5.91 Å². The molecule has 29 heavy (non-hydrogen) atoms. The Morgan fingerprint density at radius 3 is 2.79 bits per heavy atom. The van der Waals surface area contributed by atoms with Crippen LogP contribution in [0.25, 0.3) is 0 Å². The van der Waals surface area contributed by atoms with Crippen LogP contribution in [0.1, 0.15) is 22.3 Å². The van der Waals surface area contributed by atoms with Gasteiger partial charge in [-0.15, -0.1) is 5.10 Å². The Bertz CT molecular complexity index is 1020. The molecule has 1 amide bonds. The van der Waals surface area contributed by atoms with Crippen LogP contribution in [0.5, 0.6) is 5.75 Å². The predicted octanol–water partition coefficient (Wildman–Crippen LogP) is 2.44. The maximum atomic E-state index is 13.2. The van der Waals surface area contributed by atoms with Crippen molar-refractivity contribution in [3.8, 4) is 5.75 Å². The number of carboxylic acids is 1. The van der Waals surface area contributed by atoms with Crippen molar-refractivity contribution in [2.75, 3.05) is 0 Å². The third-order valence-electron chi connectivity index (χ3n) is 3.62. The highest BCUT2D eigenvalue weighted by atomic mass is 32.2. The van der Waals surface area contributed by atoms with Crippen molar-refractivity contribution >= 4 is 41.0 Å². The summed E-state index contributed by atoms with van der Waals surface area (Å²) >= 11 is 0.987. The predicted molar refractivity (Wildman–Crippen MR) is 105 cm³/mol. The molecule has 2 aromatic rings. The molecular weight excluding hydrogens is 401 g/mol. The highest BCUT2D eigenvalue weighted by Gasteiger charge is 2.32. The topological polar surface area (TPSA) is 117 Å². The van der Waals surface area contributed by atoms with E-state index < -0.39 is 28.9 Å². The van der Waals surface area contributed by atoms with Crippen molar-refractivity contribution in [2.45, 2.75) is 11.7 Å². The maximum Gasteiger partial charge on any atom is 0.343 e. The van der Waals surface area contributed by atoms with E-state index in [1.54, 1.807) is 18.2 Å². The Labute approximate surface area is 168 Å².